The van der Waals surface area contributed by atoms with Crippen molar-refractivity contribution in [1.29, 1.82) is 0 Å². The van der Waals surface area contributed by atoms with Crippen molar-refractivity contribution >= 4 is 44.3 Å². The number of carbonyl (C=O) groups excluding carboxylic acids is 1. The lowest BCUT2D eigenvalue weighted by atomic mass is 10.0. The monoisotopic (exact) mass is 430 g/mol. The standard InChI is InChI=1S/C15H12BrIO2/c1-2-19-14-6-4-3-5-11(14)15(18)12-9-10(16)7-8-13(12)17/h3-9H,2H2,1H3. The van der Waals surface area contributed by atoms with Crippen LogP contribution in [0.1, 0.15) is 22.8 Å². The molecule has 0 fully saturated rings. The van der Waals surface area contributed by atoms with E-state index in [4.69, 9.17) is 4.74 Å². The highest BCUT2D eigenvalue weighted by atomic mass is 127. The number of halogens is 2. The number of hydrogen-bond donors (Lipinski definition) is 0. The van der Waals surface area contributed by atoms with E-state index < -0.39 is 0 Å². The number of carbonyl (C=O) groups is 1. The highest BCUT2D eigenvalue weighted by Crippen LogP contribution is 2.26. The molecule has 0 saturated heterocycles. The van der Waals surface area contributed by atoms with Crippen LogP contribution < -0.4 is 4.74 Å². The Morgan fingerprint density at radius 3 is 2.68 bits per heavy atom. The van der Waals surface area contributed by atoms with Gasteiger partial charge in [-0.15, -0.1) is 0 Å². The van der Waals surface area contributed by atoms with Crippen molar-refractivity contribution < 1.29 is 9.53 Å². The van der Waals surface area contributed by atoms with Gasteiger partial charge < -0.3 is 4.74 Å². The largest absolute Gasteiger partial charge is 0.493 e. The number of para-hydroxylation sites is 1. The van der Waals surface area contributed by atoms with Gasteiger partial charge in [0.2, 0.25) is 0 Å². The highest BCUT2D eigenvalue weighted by molar-refractivity contribution is 14.1. The molecule has 0 unspecified atom stereocenters. The van der Waals surface area contributed by atoms with E-state index in [0.29, 0.717) is 23.5 Å². The topological polar surface area (TPSA) is 26.3 Å². The van der Waals surface area contributed by atoms with Gasteiger partial charge in [0.15, 0.2) is 5.78 Å². The van der Waals surface area contributed by atoms with Crippen LogP contribution in [0.2, 0.25) is 0 Å². The zero-order valence-corrected chi connectivity index (χ0v) is 14.1. The van der Waals surface area contributed by atoms with Gasteiger partial charge in [-0.25, -0.2) is 0 Å². The Balaban J connectivity index is 2.47. The second-order valence-corrected chi connectivity index (χ2v) is 5.96. The number of ketones is 1. The molecular formula is C15H12BrIO2. The Morgan fingerprint density at radius 1 is 1.21 bits per heavy atom. The first-order valence-electron chi connectivity index (χ1n) is 5.85. The summed E-state index contributed by atoms with van der Waals surface area (Å²) in [5.74, 6) is 0.612. The smallest absolute Gasteiger partial charge is 0.197 e. The second-order valence-electron chi connectivity index (χ2n) is 3.88. The van der Waals surface area contributed by atoms with E-state index in [9.17, 15) is 4.79 Å². The van der Waals surface area contributed by atoms with Crippen molar-refractivity contribution in [2.75, 3.05) is 6.61 Å². The lowest BCUT2D eigenvalue weighted by Crippen LogP contribution is -2.07. The Kier molecular flexibility index (Phi) is 4.99. The fourth-order valence-corrected chi connectivity index (χ4v) is 2.69. The minimum absolute atomic E-state index is 0.0187. The van der Waals surface area contributed by atoms with Crippen molar-refractivity contribution in [2.45, 2.75) is 6.92 Å². The molecule has 0 bridgehead atoms. The summed E-state index contributed by atoms with van der Waals surface area (Å²) in [6.45, 7) is 2.45. The lowest BCUT2D eigenvalue weighted by Gasteiger charge is -2.10. The predicted molar refractivity (Wildman–Crippen MR) is 87.9 cm³/mol. The van der Waals surface area contributed by atoms with Gasteiger partial charge in [-0.3, -0.25) is 4.79 Å². The Labute approximate surface area is 134 Å². The molecule has 0 aromatic heterocycles. The van der Waals surface area contributed by atoms with Gasteiger partial charge in [-0.2, -0.15) is 0 Å². The molecule has 19 heavy (non-hydrogen) atoms. The van der Waals surface area contributed by atoms with Gasteiger partial charge in [0.25, 0.3) is 0 Å². The van der Waals surface area contributed by atoms with Gasteiger partial charge in [0.05, 0.1) is 12.2 Å². The third-order valence-corrected chi connectivity index (χ3v) is 4.04. The van der Waals surface area contributed by atoms with Crippen molar-refractivity contribution in [2.24, 2.45) is 0 Å². The van der Waals surface area contributed by atoms with Crippen LogP contribution in [-0.4, -0.2) is 12.4 Å². The molecule has 0 spiro atoms. The number of hydrogen-bond acceptors (Lipinski definition) is 2. The molecule has 4 heteroatoms. The van der Waals surface area contributed by atoms with Crippen LogP contribution in [0, 0.1) is 3.57 Å². The Morgan fingerprint density at radius 2 is 1.95 bits per heavy atom. The van der Waals surface area contributed by atoms with E-state index in [1.807, 2.05) is 43.3 Å². The van der Waals surface area contributed by atoms with E-state index in [0.717, 1.165) is 8.04 Å². The minimum Gasteiger partial charge on any atom is -0.493 e. The summed E-state index contributed by atoms with van der Waals surface area (Å²) in [4.78, 5) is 12.6. The molecule has 0 N–H and O–H groups in total. The van der Waals surface area contributed by atoms with Crippen LogP contribution in [0.5, 0.6) is 5.75 Å². The van der Waals surface area contributed by atoms with E-state index in [1.54, 1.807) is 6.07 Å². The van der Waals surface area contributed by atoms with Gasteiger partial charge >= 0.3 is 0 Å². The molecule has 0 atom stereocenters. The van der Waals surface area contributed by atoms with Crippen LogP contribution in [0.15, 0.2) is 46.9 Å². The van der Waals surface area contributed by atoms with Crippen LogP contribution >= 0.6 is 38.5 Å². The molecule has 0 aliphatic carbocycles. The van der Waals surface area contributed by atoms with E-state index in [-0.39, 0.29) is 5.78 Å². The highest BCUT2D eigenvalue weighted by Gasteiger charge is 2.16. The maximum atomic E-state index is 12.6. The molecule has 2 nitrogen and oxygen atoms in total. The molecule has 0 saturated carbocycles. The van der Waals surface area contributed by atoms with Crippen molar-refractivity contribution in [3.63, 3.8) is 0 Å². The van der Waals surface area contributed by atoms with Gasteiger partial charge in [-0.05, 0) is 59.8 Å². The quantitative estimate of drug-likeness (QED) is 0.519. The van der Waals surface area contributed by atoms with Gasteiger partial charge in [0, 0.05) is 13.6 Å². The van der Waals surface area contributed by atoms with Crippen LogP contribution in [0.25, 0.3) is 0 Å². The number of ether oxygens (including phenoxy) is 1. The molecule has 0 aliphatic rings. The van der Waals surface area contributed by atoms with Crippen LogP contribution in [0.4, 0.5) is 0 Å². The Bertz CT molecular complexity index is 611. The SMILES string of the molecule is CCOc1ccccc1C(=O)c1cc(Br)ccc1I. The van der Waals surface area contributed by atoms with Crippen molar-refractivity contribution in [1.82, 2.24) is 0 Å². The summed E-state index contributed by atoms with van der Waals surface area (Å²) in [5.41, 5.74) is 1.28. The van der Waals surface area contributed by atoms with E-state index >= 15 is 0 Å². The molecule has 98 valence electrons. The van der Waals surface area contributed by atoms with Gasteiger partial charge in [0.1, 0.15) is 5.75 Å². The van der Waals surface area contributed by atoms with E-state index in [2.05, 4.69) is 38.5 Å². The van der Waals surface area contributed by atoms with Crippen LogP contribution in [-0.2, 0) is 0 Å². The van der Waals surface area contributed by atoms with Crippen molar-refractivity contribution in [3.05, 3.63) is 61.6 Å². The molecule has 0 heterocycles. The molecule has 0 amide bonds. The molecule has 0 aliphatic heterocycles. The third-order valence-electron chi connectivity index (χ3n) is 2.60. The molecule has 2 aromatic carbocycles. The van der Waals surface area contributed by atoms with Crippen LogP contribution in [0.3, 0.4) is 0 Å². The average Bonchev–Trinajstić information content (AvgIpc) is 2.42. The Hall–Kier alpha value is -0.880. The zero-order chi connectivity index (χ0) is 13.8. The maximum Gasteiger partial charge on any atom is 0.197 e. The maximum absolute atomic E-state index is 12.6. The summed E-state index contributed by atoms with van der Waals surface area (Å²) >= 11 is 5.57. The fourth-order valence-electron chi connectivity index (χ4n) is 1.75. The molecular weight excluding hydrogens is 419 g/mol. The third kappa shape index (κ3) is 3.36. The summed E-state index contributed by atoms with van der Waals surface area (Å²) < 4.78 is 7.34. The second kappa shape index (κ2) is 6.52. The average molecular weight is 431 g/mol. The molecule has 0 radical (unpaired) electrons. The number of benzene rings is 2. The molecule has 2 rings (SSSR count). The van der Waals surface area contributed by atoms with Crippen molar-refractivity contribution in [3.8, 4) is 5.75 Å². The predicted octanol–water partition coefficient (Wildman–Crippen LogP) is 4.68. The summed E-state index contributed by atoms with van der Waals surface area (Å²) in [6, 6.07) is 13.0. The summed E-state index contributed by atoms with van der Waals surface area (Å²) in [7, 11) is 0. The minimum atomic E-state index is -0.0187. The number of rotatable bonds is 4. The van der Waals surface area contributed by atoms with Gasteiger partial charge in [-0.1, -0.05) is 28.1 Å². The lowest BCUT2D eigenvalue weighted by molar-refractivity contribution is 0.103. The van der Waals surface area contributed by atoms with E-state index in [1.165, 1.54) is 0 Å². The normalized spacial score (nSPS) is 10.3. The first-order chi connectivity index (χ1) is 9.13. The first kappa shape index (κ1) is 14.5. The summed E-state index contributed by atoms with van der Waals surface area (Å²) in [5, 5.41) is 0. The molecule has 2 aromatic rings. The summed E-state index contributed by atoms with van der Waals surface area (Å²) in [6.07, 6.45) is 0. The fraction of sp³-hybridized carbons (Fsp3) is 0.133. The zero-order valence-electron chi connectivity index (χ0n) is 10.3. The first-order valence-corrected chi connectivity index (χ1v) is 7.72.